The summed E-state index contributed by atoms with van der Waals surface area (Å²) >= 11 is 6.09. The van der Waals surface area contributed by atoms with Crippen molar-refractivity contribution in [2.75, 3.05) is 6.61 Å². The van der Waals surface area contributed by atoms with Crippen molar-refractivity contribution >= 4 is 17.5 Å². The number of carbonyl (C=O) groups excluding carboxylic acids is 1. The first-order valence-electron chi connectivity index (χ1n) is 5.42. The first-order chi connectivity index (χ1) is 9.20. The van der Waals surface area contributed by atoms with Gasteiger partial charge in [0.1, 0.15) is 0 Å². The van der Waals surface area contributed by atoms with Gasteiger partial charge in [0.05, 0.1) is 0 Å². The molecule has 20 heavy (non-hydrogen) atoms. The number of ether oxygens (including phenoxy) is 1. The minimum absolute atomic E-state index is 0.0286. The van der Waals surface area contributed by atoms with E-state index in [1.807, 2.05) is 6.92 Å². The number of hydrogen-bond donors (Lipinski definition) is 1. The van der Waals surface area contributed by atoms with Gasteiger partial charge in [-0.05, 0) is 0 Å². The van der Waals surface area contributed by atoms with E-state index in [0.29, 0.717) is 21.4 Å². The molecule has 0 aliphatic carbocycles. The normalized spacial score (nSPS) is 13.1. The molecule has 0 aliphatic heterocycles. The monoisotopic (exact) mass is 352 g/mol. The molecule has 114 valence electrons. The predicted molar refractivity (Wildman–Crippen MR) is 63.0 cm³/mol. The number of halogens is 4. The molecule has 1 heterocycles. The SMILES string of the molecule is CC(=O)[NH][Fe][CH](C)COc1ncc(C(F)(F)F)cc1Cl. The number of pyridine rings is 1. The molecule has 0 aromatic carbocycles. The molecule has 0 radical (unpaired) electrons. The first-order valence-corrected chi connectivity index (χ1v) is 6.98. The van der Waals surface area contributed by atoms with Crippen molar-refractivity contribution in [3.05, 3.63) is 22.8 Å². The minimum atomic E-state index is -4.49. The topological polar surface area (TPSA) is 51.2 Å². The van der Waals surface area contributed by atoms with Gasteiger partial charge in [-0.25, -0.2) is 0 Å². The zero-order chi connectivity index (χ0) is 15.3. The number of alkyl halides is 3. The summed E-state index contributed by atoms with van der Waals surface area (Å²) < 4.78 is 45.1. The molecule has 1 unspecified atom stereocenters. The number of nitrogens with zero attached hydrogens (tertiary/aromatic N) is 1. The maximum atomic E-state index is 12.4. The molecular weight excluding hydrogens is 340 g/mol. The second-order valence-electron chi connectivity index (χ2n) is 3.82. The van der Waals surface area contributed by atoms with Crippen LogP contribution in [0.15, 0.2) is 12.3 Å². The van der Waals surface area contributed by atoms with Crippen molar-refractivity contribution in [2.45, 2.75) is 24.8 Å². The van der Waals surface area contributed by atoms with E-state index in [0.717, 1.165) is 6.07 Å². The molecule has 1 amide bonds. The van der Waals surface area contributed by atoms with Crippen LogP contribution >= 0.6 is 11.6 Å². The molecular formula is C11H12ClF3FeN2O2. The Hall–Kier alpha value is -0.981. The van der Waals surface area contributed by atoms with Crippen LogP contribution in [0.3, 0.4) is 0 Å². The summed E-state index contributed by atoms with van der Waals surface area (Å²) in [7, 11) is 0. The van der Waals surface area contributed by atoms with Crippen LogP contribution < -0.4 is 9.07 Å². The molecule has 1 aromatic heterocycles. The van der Waals surface area contributed by atoms with E-state index in [9.17, 15) is 18.0 Å². The van der Waals surface area contributed by atoms with Gasteiger partial charge in [-0.1, -0.05) is 0 Å². The molecule has 0 aliphatic rings. The van der Waals surface area contributed by atoms with E-state index in [1.165, 1.54) is 6.92 Å². The number of rotatable bonds is 5. The average molecular weight is 353 g/mol. The van der Waals surface area contributed by atoms with Crippen LogP contribution in [0.4, 0.5) is 13.2 Å². The fourth-order valence-corrected chi connectivity index (χ4v) is 1.97. The molecule has 1 aromatic rings. The molecule has 0 fully saturated rings. The Morgan fingerprint density at radius 3 is 2.75 bits per heavy atom. The summed E-state index contributed by atoms with van der Waals surface area (Å²) in [6, 6.07) is 0.766. The second kappa shape index (κ2) is 7.15. The summed E-state index contributed by atoms with van der Waals surface area (Å²) in [5, 5.41) is -0.202. The van der Waals surface area contributed by atoms with Gasteiger partial charge in [-0.15, -0.1) is 0 Å². The van der Waals surface area contributed by atoms with Crippen molar-refractivity contribution < 1.29 is 37.9 Å². The molecule has 0 saturated carbocycles. The van der Waals surface area contributed by atoms with Crippen LogP contribution in [-0.4, -0.2) is 17.5 Å². The van der Waals surface area contributed by atoms with Crippen molar-refractivity contribution in [3.63, 3.8) is 0 Å². The molecule has 0 saturated heterocycles. The second-order valence-corrected chi connectivity index (χ2v) is 5.91. The van der Waals surface area contributed by atoms with Crippen LogP contribution in [0.5, 0.6) is 5.88 Å². The molecule has 0 bridgehead atoms. The molecule has 0 spiro atoms. The van der Waals surface area contributed by atoms with E-state index in [1.54, 1.807) is 0 Å². The molecule has 9 heteroatoms. The number of aromatic nitrogens is 1. The fraction of sp³-hybridized carbons (Fsp3) is 0.455. The van der Waals surface area contributed by atoms with E-state index >= 15 is 0 Å². The third-order valence-corrected chi connectivity index (χ3v) is 3.48. The number of amides is 1. The van der Waals surface area contributed by atoms with Crippen molar-refractivity contribution in [3.8, 4) is 5.88 Å². The predicted octanol–water partition coefficient (Wildman–Crippen LogP) is 3.07. The maximum absolute atomic E-state index is 12.4. The van der Waals surface area contributed by atoms with Gasteiger partial charge in [-0.3, -0.25) is 0 Å². The average Bonchev–Trinajstić information content (AvgIpc) is 2.33. The standard InChI is InChI=1S/C9H8ClF3NO.C2H5NO.Fe/c1-2-3-15-8-7(10)4-6(5-14-8)9(11,12)13;1-2(3)4;/h2,4-5H,3H2,1H3;1H3,(H2,3,4);/q;;+1/p-1. The van der Waals surface area contributed by atoms with Crippen LogP contribution in [0.25, 0.3) is 0 Å². The molecule has 1 N–H and O–H groups in total. The van der Waals surface area contributed by atoms with Crippen LogP contribution in [0.1, 0.15) is 19.4 Å². The third kappa shape index (κ3) is 5.56. The number of nitrogens with one attached hydrogen (secondary N) is 1. The van der Waals surface area contributed by atoms with Crippen molar-refractivity contribution in [1.82, 2.24) is 9.32 Å². The van der Waals surface area contributed by atoms with E-state index < -0.39 is 11.7 Å². The Morgan fingerprint density at radius 1 is 1.60 bits per heavy atom. The van der Waals surface area contributed by atoms with Crippen LogP contribution in [0.2, 0.25) is 9.84 Å². The van der Waals surface area contributed by atoms with Gasteiger partial charge >= 0.3 is 125 Å². The Kier molecular flexibility index (Phi) is 6.10. The molecule has 4 nitrogen and oxygen atoms in total. The van der Waals surface area contributed by atoms with E-state index in [2.05, 4.69) is 9.32 Å². The first kappa shape index (κ1) is 17.1. The van der Waals surface area contributed by atoms with Gasteiger partial charge in [0.15, 0.2) is 0 Å². The number of hydrogen-bond acceptors (Lipinski definition) is 3. The quantitative estimate of drug-likeness (QED) is 0.829. The Balaban J connectivity index is 2.59. The van der Waals surface area contributed by atoms with Gasteiger partial charge in [0.25, 0.3) is 0 Å². The van der Waals surface area contributed by atoms with Crippen LogP contribution in [0, 0.1) is 0 Å². The molecule has 1 atom stereocenters. The van der Waals surface area contributed by atoms with Crippen molar-refractivity contribution in [1.29, 1.82) is 0 Å². The van der Waals surface area contributed by atoms with E-state index in [4.69, 9.17) is 16.3 Å². The van der Waals surface area contributed by atoms with Gasteiger partial charge < -0.3 is 0 Å². The summed E-state index contributed by atoms with van der Waals surface area (Å²) in [6.07, 6.45) is -3.83. The zero-order valence-corrected chi connectivity index (χ0v) is 12.4. The van der Waals surface area contributed by atoms with E-state index in [-0.39, 0.29) is 28.2 Å². The van der Waals surface area contributed by atoms with Gasteiger partial charge in [0, 0.05) is 0 Å². The summed E-state index contributed by atoms with van der Waals surface area (Å²) in [4.78, 5) is 14.2. The molecule has 1 rings (SSSR count). The Labute approximate surface area is 125 Å². The Bertz CT molecular complexity index is 485. The van der Waals surface area contributed by atoms with Crippen molar-refractivity contribution in [2.24, 2.45) is 0 Å². The number of carbonyl (C=O) groups is 1. The summed E-state index contributed by atoms with van der Waals surface area (Å²) in [5.41, 5.74) is -0.929. The van der Waals surface area contributed by atoms with Crippen LogP contribution in [-0.2, 0) is 26.1 Å². The summed E-state index contributed by atoms with van der Waals surface area (Å²) in [5.74, 6) is -0.225. The third-order valence-electron chi connectivity index (χ3n) is 1.93. The zero-order valence-electron chi connectivity index (χ0n) is 10.6. The van der Waals surface area contributed by atoms with Gasteiger partial charge in [-0.2, -0.15) is 0 Å². The summed E-state index contributed by atoms with van der Waals surface area (Å²) in [6.45, 7) is 3.38. The van der Waals surface area contributed by atoms with Gasteiger partial charge in [0.2, 0.25) is 0 Å². The fourth-order valence-electron chi connectivity index (χ4n) is 1.07. The Morgan fingerprint density at radius 2 is 2.25 bits per heavy atom.